The Labute approximate surface area is 138 Å². The lowest BCUT2D eigenvalue weighted by Crippen LogP contribution is -1.92. The third kappa shape index (κ3) is 1.93. The lowest BCUT2D eigenvalue weighted by molar-refractivity contribution is 1.44. The monoisotopic (exact) mass is 324 g/mol. The fourth-order valence-corrected chi connectivity index (χ4v) is 6.06. The van der Waals surface area contributed by atoms with Gasteiger partial charge >= 0.3 is 0 Å². The van der Waals surface area contributed by atoms with Crippen LogP contribution in [0.3, 0.4) is 0 Å². The van der Waals surface area contributed by atoms with Crippen LogP contribution in [0, 0.1) is 0 Å². The summed E-state index contributed by atoms with van der Waals surface area (Å²) in [6, 6.07) is 23.7. The first kappa shape index (κ1) is 13.9. The van der Waals surface area contributed by atoms with Gasteiger partial charge in [0.2, 0.25) is 0 Å². The van der Waals surface area contributed by atoms with E-state index in [4.69, 9.17) is 11.6 Å². The smallest absolute Gasteiger partial charge is 0.0484 e. The summed E-state index contributed by atoms with van der Waals surface area (Å²) in [5.41, 5.74) is 5.09. The Morgan fingerprint density at radius 1 is 0.682 bits per heavy atom. The van der Waals surface area contributed by atoms with Gasteiger partial charge < -0.3 is 0 Å². The zero-order valence-corrected chi connectivity index (χ0v) is 14.2. The normalized spacial score (nSPS) is 16.0. The topological polar surface area (TPSA) is 0 Å². The lowest BCUT2D eigenvalue weighted by atomic mass is 10.0. The van der Waals surface area contributed by atoms with E-state index >= 15 is 0 Å². The number of fused-ring (bicyclic) bond motifs is 3. The maximum atomic E-state index is 6.38. The average molecular weight is 325 g/mol. The van der Waals surface area contributed by atoms with Crippen molar-refractivity contribution in [2.75, 3.05) is 12.5 Å². The minimum Gasteiger partial charge on any atom is -0.192 e. The number of halogens is 1. The third-order valence-electron chi connectivity index (χ3n) is 4.44. The molecule has 2 heteroatoms. The van der Waals surface area contributed by atoms with E-state index in [1.807, 2.05) is 18.2 Å². The van der Waals surface area contributed by atoms with Gasteiger partial charge in [-0.15, -0.1) is 0 Å². The fraction of sp³-hybridized carbons (Fsp3) is 0.100. The standard InChI is InChI=1S/C20H17ClS/c1-22(2)19-10-6-4-8-16(19)17-12-11-14(13-20(17)22)15-7-3-5-9-18(15)21/h3-13H,1-2H3. The van der Waals surface area contributed by atoms with Gasteiger partial charge in [0.15, 0.2) is 0 Å². The Balaban J connectivity index is 1.95. The summed E-state index contributed by atoms with van der Waals surface area (Å²) in [7, 11) is -0.951. The summed E-state index contributed by atoms with van der Waals surface area (Å²) in [6.07, 6.45) is 4.77. The van der Waals surface area contributed by atoms with Crippen molar-refractivity contribution in [3.8, 4) is 22.3 Å². The summed E-state index contributed by atoms with van der Waals surface area (Å²) in [4.78, 5) is 2.95. The highest BCUT2D eigenvalue weighted by Crippen LogP contribution is 2.67. The SMILES string of the molecule is CS1(C)c2ccccc2-c2ccc(-c3ccccc3Cl)cc21. The predicted molar refractivity (Wildman–Crippen MR) is 98.3 cm³/mol. The molecule has 0 unspecified atom stereocenters. The maximum absolute atomic E-state index is 6.38. The van der Waals surface area contributed by atoms with Crippen LogP contribution in [0.2, 0.25) is 5.02 Å². The van der Waals surface area contributed by atoms with E-state index in [0.29, 0.717) is 0 Å². The van der Waals surface area contributed by atoms with Crippen LogP contribution in [-0.4, -0.2) is 12.5 Å². The van der Waals surface area contributed by atoms with E-state index in [-0.39, 0.29) is 0 Å². The first-order chi connectivity index (χ1) is 10.6. The molecule has 0 nitrogen and oxygen atoms in total. The van der Waals surface area contributed by atoms with E-state index in [1.165, 1.54) is 26.5 Å². The largest absolute Gasteiger partial charge is 0.192 e. The maximum Gasteiger partial charge on any atom is 0.0484 e. The molecule has 0 saturated carbocycles. The zero-order chi connectivity index (χ0) is 15.3. The van der Waals surface area contributed by atoms with Gasteiger partial charge in [-0.1, -0.05) is 60.1 Å². The summed E-state index contributed by atoms with van der Waals surface area (Å²) in [5, 5.41) is 0.811. The summed E-state index contributed by atoms with van der Waals surface area (Å²) >= 11 is 6.38. The zero-order valence-electron chi connectivity index (χ0n) is 12.6. The van der Waals surface area contributed by atoms with Gasteiger partial charge in [0.1, 0.15) is 0 Å². The Bertz CT molecular complexity index is 880. The quantitative estimate of drug-likeness (QED) is 0.481. The highest BCUT2D eigenvalue weighted by atomic mass is 35.5. The highest BCUT2D eigenvalue weighted by Gasteiger charge is 2.31. The van der Waals surface area contributed by atoms with Crippen LogP contribution in [0.25, 0.3) is 22.3 Å². The van der Waals surface area contributed by atoms with Crippen LogP contribution in [-0.2, 0) is 0 Å². The second-order valence-electron chi connectivity index (χ2n) is 6.01. The molecule has 0 aromatic heterocycles. The van der Waals surface area contributed by atoms with Crippen LogP contribution >= 0.6 is 21.6 Å². The molecule has 110 valence electrons. The molecule has 1 heterocycles. The van der Waals surface area contributed by atoms with E-state index in [1.54, 1.807) is 0 Å². The van der Waals surface area contributed by atoms with E-state index in [2.05, 4.69) is 61.0 Å². The molecule has 0 aliphatic carbocycles. The van der Waals surface area contributed by atoms with Crippen molar-refractivity contribution in [2.24, 2.45) is 0 Å². The molecule has 0 amide bonds. The van der Waals surface area contributed by atoms with Crippen molar-refractivity contribution in [2.45, 2.75) is 9.79 Å². The van der Waals surface area contributed by atoms with E-state index < -0.39 is 10.0 Å². The van der Waals surface area contributed by atoms with Gasteiger partial charge in [0.25, 0.3) is 0 Å². The van der Waals surface area contributed by atoms with E-state index in [9.17, 15) is 0 Å². The fourth-order valence-electron chi connectivity index (χ4n) is 3.28. The second kappa shape index (κ2) is 4.91. The minimum atomic E-state index is -0.951. The van der Waals surface area contributed by atoms with Crippen LogP contribution in [0.4, 0.5) is 0 Å². The molecule has 0 N–H and O–H groups in total. The van der Waals surface area contributed by atoms with Gasteiger partial charge in [-0.2, -0.15) is 10.0 Å². The molecule has 4 rings (SSSR count). The van der Waals surface area contributed by atoms with Crippen molar-refractivity contribution in [3.05, 3.63) is 71.8 Å². The van der Waals surface area contributed by atoms with Crippen LogP contribution in [0.1, 0.15) is 0 Å². The Morgan fingerprint density at radius 2 is 1.32 bits per heavy atom. The van der Waals surface area contributed by atoms with Crippen molar-refractivity contribution in [1.29, 1.82) is 0 Å². The number of benzene rings is 3. The van der Waals surface area contributed by atoms with Crippen molar-refractivity contribution in [3.63, 3.8) is 0 Å². The molecular weight excluding hydrogens is 308 g/mol. The number of rotatable bonds is 1. The summed E-state index contributed by atoms with van der Waals surface area (Å²) in [6.45, 7) is 0. The molecule has 0 bridgehead atoms. The molecule has 1 aliphatic heterocycles. The molecule has 0 atom stereocenters. The van der Waals surface area contributed by atoms with Crippen LogP contribution < -0.4 is 0 Å². The second-order valence-corrected chi connectivity index (χ2v) is 9.95. The molecule has 3 aromatic rings. The van der Waals surface area contributed by atoms with Crippen LogP contribution in [0.5, 0.6) is 0 Å². The van der Waals surface area contributed by atoms with E-state index in [0.717, 1.165) is 10.6 Å². The highest BCUT2D eigenvalue weighted by molar-refractivity contribution is 8.33. The Morgan fingerprint density at radius 3 is 2.09 bits per heavy atom. The predicted octanol–water partition coefficient (Wildman–Crippen LogP) is 6.47. The number of hydrogen-bond donors (Lipinski definition) is 0. The molecular formula is C20H17ClS. The van der Waals surface area contributed by atoms with Crippen LogP contribution in [0.15, 0.2) is 76.5 Å². The van der Waals surface area contributed by atoms with Gasteiger partial charge in [-0.3, -0.25) is 0 Å². The summed E-state index contributed by atoms with van der Waals surface area (Å²) < 4.78 is 0. The van der Waals surface area contributed by atoms with Gasteiger partial charge in [0, 0.05) is 20.4 Å². The lowest BCUT2D eigenvalue weighted by Gasteiger charge is -2.28. The van der Waals surface area contributed by atoms with Crippen molar-refractivity contribution in [1.82, 2.24) is 0 Å². The average Bonchev–Trinajstić information content (AvgIpc) is 2.76. The molecule has 1 aliphatic rings. The van der Waals surface area contributed by atoms with Crippen molar-refractivity contribution >= 4 is 21.6 Å². The minimum absolute atomic E-state index is 0.811. The Kier molecular flexibility index (Phi) is 3.11. The first-order valence-electron chi connectivity index (χ1n) is 7.31. The molecule has 0 saturated heterocycles. The van der Waals surface area contributed by atoms with Crippen molar-refractivity contribution < 1.29 is 0 Å². The molecule has 0 radical (unpaired) electrons. The Hall–Kier alpha value is -1.70. The first-order valence-corrected chi connectivity index (χ1v) is 10.1. The third-order valence-corrected chi connectivity index (χ3v) is 7.67. The summed E-state index contributed by atoms with van der Waals surface area (Å²) in [5.74, 6) is 0. The molecule has 22 heavy (non-hydrogen) atoms. The molecule has 0 fully saturated rings. The van der Waals surface area contributed by atoms with Gasteiger partial charge in [-0.05, 0) is 47.4 Å². The van der Waals surface area contributed by atoms with Gasteiger partial charge in [0.05, 0.1) is 0 Å². The molecule has 0 spiro atoms. The number of hydrogen-bond acceptors (Lipinski definition) is 0. The molecule has 3 aromatic carbocycles. The van der Waals surface area contributed by atoms with Gasteiger partial charge in [-0.25, -0.2) is 0 Å².